The minimum atomic E-state index is -0.533. The van der Waals surface area contributed by atoms with Gasteiger partial charge in [0.15, 0.2) is 0 Å². The van der Waals surface area contributed by atoms with Gasteiger partial charge in [-0.2, -0.15) is 0 Å². The lowest BCUT2D eigenvalue weighted by Gasteiger charge is -2.11. The molecule has 104 valence electrons. The number of halogens is 1. The summed E-state index contributed by atoms with van der Waals surface area (Å²) in [6.45, 7) is 5.85. The summed E-state index contributed by atoms with van der Waals surface area (Å²) in [5.74, 6) is 0.726. The van der Waals surface area contributed by atoms with Gasteiger partial charge in [0.25, 0.3) is 5.69 Å². The Morgan fingerprint density at radius 3 is 2.55 bits per heavy atom. The number of hydrogen-bond acceptors (Lipinski definition) is 4. The lowest BCUT2D eigenvalue weighted by Crippen LogP contribution is -1.96. The van der Waals surface area contributed by atoms with Crippen molar-refractivity contribution in [3.8, 4) is 11.6 Å². The van der Waals surface area contributed by atoms with Crippen LogP contribution in [0.15, 0.2) is 24.3 Å². The minimum Gasteiger partial charge on any atom is -0.438 e. The molecule has 0 N–H and O–H groups in total. The summed E-state index contributed by atoms with van der Waals surface area (Å²) < 4.78 is 5.64. The van der Waals surface area contributed by atoms with Crippen molar-refractivity contribution in [3.05, 3.63) is 56.2 Å². The summed E-state index contributed by atoms with van der Waals surface area (Å²) in [5.41, 5.74) is 2.93. The molecule has 0 spiro atoms. The van der Waals surface area contributed by atoms with Gasteiger partial charge in [-0.15, -0.1) is 0 Å². The molecule has 0 unspecified atom stereocenters. The standard InChI is InChI=1S/C14H13ClN2O3/c1-8-4-9(2)10(3)12(5-8)20-14-7-11(17(18)19)6-13(15)16-14/h4-7H,1-3H3. The number of aromatic nitrogens is 1. The highest BCUT2D eigenvalue weighted by atomic mass is 35.5. The zero-order chi connectivity index (χ0) is 14.9. The summed E-state index contributed by atoms with van der Waals surface area (Å²) in [5, 5.41) is 10.8. The largest absolute Gasteiger partial charge is 0.438 e. The Morgan fingerprint density at radius 1 is 1.20 bits per heavy atom. The Morgan fingerprint density at radius 2 is 1.90 bits per heavy atom. The van der Waals surface area contributed by atoms with Gasteiger partial charge in [-0.1, -0.05) is 17.7 Å². The zero-order valence-corrected chi connectivity index (χ0v) is 12.1. The summed E-state index contributed by atoms with van der Waals surface area (Å²) in [4.78, 5) is 14.2. The van der Waals surface area contributed by atoms with Crippen molar-refractivity contribution in [1.29, 1.82) is 0 Å². The van der Waals surface area contributed by atoms with Crippen molar-refractivity contribution in [2.24, 2.45) is 0 Å². The molecule has 1 heterocycles. The van der Waals surface area contributed by atoms with Crippen LogP contribution in [0.2, 0.25) is 5.15 Å². The number of aryl methyl sites for hydroxylation is 2. The number of benzene rings is 1. The first-order valence-corrected chi connectivity index (χ1v) is 6.32. The maximum absolute atomic E-state index is 10.8. The zero-order valence-electron chi connectivity index (χ0n) is 11.3. The van der Waals surface area contributed by atoms with Gasteiger partial charge in [0, 0.05) is 0 Å². The van der Waals surface area contributed by atoms with Crippen LogP contribution in [0.4, 0.5) is 5.69 Å². The first-order chi connectivity index (χ1) is 9.36. The number of pyridine rings is 1. The molecular formula is C14H13ClN2O3. The van der Waals surface area contributed by atoms with Crippen molar-refractivity contribution < 1.29 is 9.66 Å². The van der Waals surface area contributed by atoms with Crippen LogP contribution in [0.3, 0.4) is 0 Å². The predicted molar refractivity (Wildman–Crippen MR) is 76.6 cm³/mol. The molecule has 0 aliphatic rings. The molecule has 6 heteroatoms. The lowest BCUT2D eigenvalue weighted by atomic mass is 10.1. The third-order valence-corrected chi connectivity index (χ3v) is 3.14. The first kappa shape index (κ1) is 14.3. The van der Waals surface area contributed by atoms with Crippen molar-refractivity contribution in [2.75, 3.05) is 0 Å². The highest BCUT2D eigenvalue weighted by Gasteiger charge is 2.13. The number of nitro groups is 1. The number of ether oxygens (including phenoxy) is 1. The number of hydrogen-bond donors (Lipinski definition) is 0. The quantitative estimate of drug-likeness (QED) is 0.479. The SMILES string of the molecule is Cc1cc(C)c(C)c(Oc2cc([N+](=O)[O-])cc(Cl)n2)c1. The highest BCUT2D eigenvalue weighted by Crippen LogP contribution is 2.30. The van der Waals surface area contributed by atoms with Crippen LogP contribution in [0, 0.1) is 30.9 Å². The van der Waals surface area contributed by atoms with Crippen LogP contribution in [-0.2, 0) is 0 Å². The van der Waals surface area contributed by atoms with E-state index in [9.17, 15) is 10.1 Å². The Labute approximate surface area is 121 Å². The predicted octanol–water partition coefficient (Wildman–Crippen LogP) is 4.36. The molecule has 0 fully saturated rings. The van der Waals surface area contributed by atoms with Crippen molar-refractivity contribution in [1.82, 2.24) is 4.98 Å². The molecular weight excluding hydrogens is 280 g/mol. The van der Waals surface area contributed by atoms with Gasteiger partial charge in [0.1, 0.15) is 10.9 Å². The first-order valence-electron chi connectivity index (χ1n) is 5.94. The molecule has 1 aromatic heterocycles. The van der Waals surface area contributed by atoms with Crippen LogP contribution in [0.5, 0.6) is 11.6 Å². The number of nitrogens with zero attached hydrogens (tertiary/aromatic N) is 2. The normalized spacial score (nSPS) is 10.4. The molecule has 5 nitrogen and oxygen atoms in total. The van der Waals surface area contributed by atoms with E-state index in [4.69, 9.17) is 16.3 Å². The second-order valence-electron chi connectivity index (χ2n) is 4.55. The molecule has 0 bridgehead atoms. The van der Waals surface area contributed by atoms with Crippen LogP contribution in [0.25, 0.3) is 0 Å². The van der Waals surface area contributed by atoms with Crippen LogP contribution >= 0.6 is 11.6 Å². The fraction of sp³-hybridized carbons (Fsp3) is 0.214. The van der Waals surface area contributed by atoms with Crippen LogP contribution in [0.1, 0.15) is 16.7 Å². The van der Waals surface area contributed by atoms with Gasteiger partial charge in [-0.05, 0) is 43.5 Å². The van der Waals surface area contributed by atoms with E-state index in [0.29, 0.717) is 5.75 Å². The summed E-state index contributed by atoms with van der Waals surface area (Å²) in [7, 11) is 0. The molecule has 0 saturated heterocycles. The molecule has 2 aromatic rings. The maximum atomic E-state index is 10.8. The maximum Gasteiger partial charge on any atom is 0.277 e. The summed E-state index contributed by atoms with van der Waals surface area (Å²) in [6, 6.07) is 6.33. The molecule has 0 aliphatic carbocycles. The Balaban J connectivity index is 2.42. The molecule has 0 saturated carbocycles. The van der Waals surface area contributed by atoms with E-state index < -0.39 is 4.92 Å². The van der Waals surface area contributed by atoms with Crippen molar-refractivity contribution in [3.63, 3.8) is 0 Å². The number of rotatable bonds is 3. The van der Waals surface area contributed by atoms with E-state index in [1.165, 1.54) is 12.1 Å². The molecule has 2 rings (SSSR count). The molecule has 0 atom stereocenters. The smallest absolute Gasteiger partial charge is 0.277 e. The lowest BCUT2D eigenvalue weighted by molar-refractivity contribution is -0.385. The van der Waals surface area contributed by atoms with E-state index >= 15 is 0 Å². The molecule has 0 amide bonds. The van der Waals surface area contributed by atoms with Gasteiger partial charge in [-0.25, -0.2) is 4.98 Å². The van der Waals surface area contributed by atoms with E-state index in [2.05, 4.69) is 4.98 Å². The minimum absolute atomic E-state index is 0.0243. The Hall–Kier alpha value is -2.14. The summed E-state index contributed by atoms with van der Waals surface area (Å²) in [6.07, 6.45) is 0. The van der Waals surface area contributed by atoms with Gasteiger partial charge < -0.3 is 4.74 Å². The average molecular weight is 293 g/mol. The van der Waals surface area contributed by atoms with Gasteiger partial charge in [0.05, 0.1) is 17.1 Å². The highest BCUT2D eigenvalue weighted by molar-refractivity contribution is 6.29. The Kier molecular flexibility index (Phi) is 3.90. The third kappa shape index (κ3) is 3.05. The van der Waals surface area contributed by atoms with E-state index in [0.717, 1.165) is 16.7 Å². The van der Waals surface area contributed by atoms with Crippen molar-refractivity contribution in [2.45, 2.75) is 20.8 Å². The molecule has 0 radical (unpaired) electrons. The van der Waals surface area contributed by atoms with Gasteiger partial charge in [0.2, 0.25) is 5.88 Å². The topological polar surface area (TPSA) is 65.3 Å². The second kappa shape index (κ2) is 5.46. The van der Waals surface area contributed by atoms with E-state index in [1.807, 2.05) is 32.9 Å². The van der Waals surface area contributed by atoms with Gasteiger partial charge in [-0.3, -0.25) is 10.1 Å². The Bertz CT molecular complexity index is 686. The molecule has 0 aliphatic heterocycles. The van der Waals surface area contributed by atoms with Crippen LogP contribution < -0.4 is 4.74 Å². The van der Waals surface area contributed by atoms with E-state index in [-0.39, 0.29) is 16.7 Å². The monoisotopic (exact) mass is 292 g/mol. The average Bonchev–Trinajstić information content (AvgIpc) is 2.34. The van der Waals surface area contributed by atoms with Crippen LogP contribution in [-0.4, -0.2) is 9.91 Å². The second-order valence-corrected chi connectivity index (χ2v) is 4.94. The van der Waals surface area contributed by atoms with Crippen molar-refractivity contribution >= 4 is 17.3 Å². The molecule has 20 heavy (non-hydrogen) atoms. The molecule has 1 aromatic carbocycles. The fourth-order valence-electron chi connectivity index (χ4n) is 1.84. The third-order valence-electron chi connectivity index (χ3n) is 2.94. The van der Waals surface area contributed by atoms with Gasteiger partial charge >= 0.3 is 0 Å². The fourth-order valence-corrected chi connectivity index (χ4v) is 2.03. The van der Waals surface area contributed by atoms with E-state index in [1.54, 1.807) is 0 Å². The summed E-state index contributed by atoms with van der Waals surface area (Å²) >= 11 is 5.77.